The number of hydrogen-bond acceptors (Lipinski definition) is 3. The van der Waals surface area contributed by atoms with Gasteiger partial charge in [-0.2, -0.15) is 4.73 Å². The van der Waals surface area contributed by atoms with E-state index in [9.17, 15) is 9.59 Å². The van der Waals surface area contributed by atoms with Gasteiger partial charge in [-0.1, -0.05) is 6.07 Å². The Morgan fingerprint density at radius 2 is 2.08 bits per heavy atom. The number of nitrogens with one attached hydrogen (secondary N) is 1. The number of fused-ring (bicyclic) bond motifs is 2. The Labute approximate surface area is 138 Å². The van der Waals surface area contributed by atoms with Crippen LogP contribution in [0.25, 0.3) is 21.7 Å². The summed E-state index contributed by atoms with van der Waals surface area (Å²) in [6, 6.07) is 11.4. The first-order valence-electron chi connectivity index (χ1n) is 7.87. The second-order valence-corrected chi connectivity index (χ2v) is 6.08. The summed E-state index contributed by atoms with van der Waals surface area (Å²) in [7, 11) is 0. The van der Waals surface area contributed by atoms with E-state index < -0.39 is 5.91 Å². The summed E-state index contributed by atoms with van der Waals surface area (Å²) in [5, 5.41) is 5.87. The molecule has 0 spiro atoms. The number of nitrogens with zero attached hydrogens (tertiary/aromatic N) is 1. The van der Waals surface area contributed by atoms with Crippen LogP contribution in [0.4, 0.5) is 0 Å². The highest BCUT2D eigenvalue weighted by atomic mass is 16.7. The van der Waals surface area contributed by atoms with Crippen molar-refractivity contribution in [1.82, 2.24) is 10.0 Å². The number of benzene rings is 2. The molecule has 0 saturated carbocycles. The standard InChI is InChI=1S/C18H17N3O3/c19-18(23)13-2-1-11-9-16-12(7-14(11)8-13)5-6-21(16)24-10-15-3-4-17(22)20-15/h1-2,5-9,15H,3-4,10H2,(H2,19,23)(H,20,22). The molecule has 1 saturated heterocycles. The van der Waals surface area contributed by atoms with Gasteiger partial charge in [-0.25, -0.2) is 0 Å². The van der Waals surface area contributed by atoms with Crippen molar-refractivity contribution in [2.45, 2.75) is 18.9 Å². The molecule has 3 aromatic rings. The fourth-order valence-corrected chi connectivity index (χ4v) is 3.09. The molecule has 1 aromatic heterocycles. The predicted molar refractivity (Wildman–Crippen MR) is 90.6 cm³/mol. The van der Waals surface area contributed by atoms with E-state index in [1.165, 1.54) is 0 Å². The van der Waals surface area contributed by atoms with Gasteiger partial charge in [0.25, 0.3) is 0 Å². The highest BCUT2D eigenvalue weighted by Gasteiger charge is 2.21. The molecule has 0 aliphatic carbocycles. The molecule has 1 atom stereocenters. The van der Waals surface area contributed by atoms with Crippen LogP contribution in [0.3, 0.4) is 0 Å². The normalized spacial score (nSPS) is 17.3. The van der Waals surface area contributed by atoms with Gasteiger partial charge >= 0.3 is 0 Å². The van der Waals surface area contributed by atoms with Gasteiger partial charge in [0.05, 0.1) is 11.6 Å². The maximum atomic E-state index is 11.3. The Balaban J connectivity index is 1.64. The first kappa shape index (κ1) is 14.6. The number of carbonyl (C=O) groups is 2. The molecule has 2 aromatic carbocycles. The quantitative estimate of drug-likeness (QED) is 0.764. The van der Waals surface area contributed by atoms with Crippen molar-refractivity contribution in [2.24, 2.45) is 5.73 Å². The van der Waals surface area contributed by atoms with Crippen LogP contribution in [0.5, 0.6) is 0 Å². The van der Waals surface area contributed by atoms with Crippen LogP contribution in [0.1, 0.15) is 23.2 Å². The molecule has 1 fully saturated rings. The van der Waals surface area contributed by atoms with Crippen LogP contribution in [-0.2, 0) is 4.79 Å². The van der Waals surface area contributed by atoms with Crippen molar-refractivity contribution >= 4 is 33.5 Å². The van der Waals surface area contributed by atoms with Gasteiger partial charge in [0.1, 0.15) is 6.61 Å². The number of hydrogen-bond donors (Lipinski definition) is 2. The Kier molecular flexibility index (Phi) is 3.37. The molecule has 0 bridgehead atoms. The van der Waals surface area contributed by atoms with Gasteiger partial charge < -0.3 is 15.9 Å². The Hall–Kier alpha value is -3.02. The Morgan fingerprint density at radius 1 is 1.21 bits per heavy atom. The number of aromatic nitrogens is 1. The average Bonchev–Trinajstić information content (AvgIpc) is 3.16. The average molecular weight is 323 g/mol. The van der Waals surface area contributed by atoms with Crippen LogP contribution >= 0.6 is 0 Å². The van der Waals surface area contributed by atoms with Crippen molar-refractivity contribution in [3.63, 3.8) is 0 Å². The summed E-state index contributed by atoms with van der Waals surface area (Å²) in [5.41, 5.74) is 6.78. The largest absolute Gasteiger partial charge is 0.412 e. The Morgan fingerprint density at radius 3 is 2.83 bits per heavy atom. The number of rotatable bonds is 4. The van der Waals surface area contributed by atoms with Gasteiger partial charge in [0, 0.05) is 23.6 Å². The third-order valence-electron chi connectivity index (χ3n) is 4.40. The summed E-state index contributed by atoms with van der Waals surface area (Å²) in [4.78, 5) is 28.4. The second kappa shape index (κ2) is 5.56. The van der Waals surface area contributed by atoms with Crippen molar-refractivity contribution in [3.8, 4) is 0 Å². The maximum Gasteiger partial charge on any atom is 0.248 e. The van der Waals surface area contributed by atoms with E-state index in [-0.39, 0.29) is 11.9 Å². The summed E-state index contributed by atoms with van der Waals surface area (Å²) in [6.45, 7) is 0.439. The molecule has 0 radical (unpaired) electrons. The molecule has 1 aliphatic heterocycles. The Bertz CT molecular complexity index is 961. The first-order chi connectivity index (χ1) is 11.6. The summed E-state index contributed by atoms with van der Waals surface area (Å²) in [6.07, 6.45) is 3.22. The molecule has 2 heterocycles. The van der Waals surface area contributed by atoms with Gasteiger partial charge in [0.15, 0.2) is 0 Å². The number of amides is 2. The highest BCUT2D eigenvalue weighted by Crippen LogP contribution is 2.24. The maximum absolute atomic E-state index is 11.3. The van der Waals surface area contributed by atoms with Gasteiger partial charge in [-0.3, -0.25) is 9.59 Å². The monoisotopic (exact) mass is 323 g/mol. The van der Waals surface area contributed by atoms with Gasteiger partial charge in [-0.05, 0) is 47.5 Å². The van der Waals surface area contributed by atoms with E-state index in [1.807, 2.05) is 30.5 Å². The zero-order chi connectivity index (χ0) is 16.7. The zero-order valence-electron chi connectivity index (χ0n) is 13.0. The molecule has 3 N–H and O–H groups in total. The molecule has 1 unspecified atom stereocenters. The fourth-order valence-electron chi connectivity index (χ4n) is 3.09. The van der Waals surface area contributed by atoms with E-state index in [0.29, 0.717) is 18.6 Å². The SMILES string of the molecule is NC(=O)c1ccc2cc3c(ccn3OCC3CCC(=O)N3)cc2c1. The van der Waals surface area contributed by atoms with Crippen LogP contribution in [0.15, 0.2) is 42.6 Å². The van der Waals surface area contributed by atoms with Crippen LogP contribution in [-0.4, -0.2) is 29.2 Å². The molecular formula is C18H17N3O3. The minimum absolute atomic E-state index is 0.0635. The summed E-state index contributed by atoms with van der Waals surface area (Å²) in [5.74, 6) is -0.353. The topological polar surface area (TPSA) is 86.3 Å². The third-order valence-corrected chi connectivity index (χ3v) is 4.40. The van der Waals surface area contributed by atoms with E-state index in [2.05, 4.69) is 5.32 Å². The number of carbonyl (C=O) groups excluding carboxylic acids is 2. The smallest absolute Gasteiger partial charge is 0.248 e. The molecule has 4 rings (SSSR count). The molecule has 6 nitrogen and oxygen atoms in total. The van der Waals surface area contributed by atoms with Crippen LogP contribution < -0.4 is 15.9 Å². The van der Waals surface area contributed by atoms with Crippen molar-refractivity contribution in [2.75, 3.05) is 6.61 Å². The molecule has 2 amide bonds. The molecule has 122 valence electrons. The highest BCUT2D eigenvalue weighted by molar-refractivity contribution is 6.02. The van der Waals surface area contributed by atoms with Gasteiger partial charge in [-0.15, -0.1) is 0 Å². The minimum Gasteiger partial charge on any atom is -0.412 e. The lowest BCUT2D eigenvalue weighted by molar-refractivity contribution is -0.119. The van der Waals surface area contributed by atoms with Crippen LogP contribution in [0.2, 0.25) is 0 Å². The van der Waals surface area contributed by atoms with Crippen LogP contribution in [0, 0.1) is 0 Å². The lowest BCUT2D eigenvalue weighted by Crippen LogP contribution is -2.33. The number of nitrogens with two attached hydrogens (primary N) is 1. The second-order valence-electron chi connectivity index (χ2n) is 6.08. The van der Waals surface area contributed by atoms with E-state index in [0.717, 1.165) is 28.1 Å². The summed E-state index contributed by atoms with van der Waals surface area (Å²) >= 11 is 0. The van der Waals surface area contributed by atoms with Crippen molar-refractivity contribution < 1.29 is 14.4 Å². The van der Waals surface area contributed by atoms with Crippen molar-refractivity contribution in [3.05, 3.63) is 48.2 Å². The summed E-state index contributed by atoms with van der Waals surface area (Å²) < 4.78 is 1.72. The lowest BCUT2D eigenvalue weighted by atomic mass is 10.0. The van der Waals surface area contributed by atoms with E-state index in [4.69, 9.17) is 10.6 Å². The first-order valence-corrected chi connectivity index (χ1v) is 7.87. The predicted octanol–water partition coefficient (Wildman–Crippen LogP) is 1.60. The van der Waals surface area contributed by atoms with Crippen molar-refractivity contribution in [1.29, 1.82) is 0 Å². The number of primary amides is 1. The zero-order valence-corrected chi connectivity index (χ0v) is 13.0. The molecule has 24 heavy (non-hydrogen) atoms. The fraction of sp³-hybridized carbons (Fsp3) is 0.222. The minimum atomic E-state index is -0.434. The van der Waals surface area contributed by atoms with E-state index >= 15 is 0 Å². The lowest BCUT2D eigenvalue weighted by Gasteiger charge is -2.13. The van der Waals surface area contributed by atoms with Gasteiger partial charge in [0.2, 0.25) is 11.8 Å². The molecule has 1 aliphatic rings. The van der Waals surface area contributed by atoms with E-state index in [1.54, 1.807) is 16.9 Å². The third kappa shape index (κ3) is 2.56. The molecular weight excluding hydrogens is 306 g/mol. The molecule has 6 heteroatoms.